The molecule has 0 radical (unpaired) electrons. The van der Waals surface area contributed by atoms with Crippen molar-refractivity contribution in [2.45, 2.75) is 38.9 Å². The van der Waals surface area contributed by atoms with Crippen molar-refractivity contribution in [3.05, 3.63) is 17.0 Å². The van der Waals surface area contributed by atoms with Gasteiger partial charge < -0.3 is 14.4 Å². The number of carboxylic acids is 1. The van der Waals surface area contributed by atoms with Crippen molar-refractivity contribution in [1.29, 1.82) is 0 Å². The van der Waals surface area contributed by atoms with Crippen LogP contribution in [0.2, 0.25) is 0 Å². The standard InChI is InChI=1S/C11H15BO4S/c1-10(2)11(3,4)16-12(15-10)8-7(9(13)14)5-6-17-8/h5-6H,1-4H3,(H,13,14). The highest BCUT2D eigenvalue weighted by Gasteiger charge is 2.53. The Balaban J connectivity index is 2.32. The maximum Gasteiger partial charge on any atom is 0.506 e. The monoisotopic (exact) mass is 254 g/mol. The van der Waals surface area contributed by atoms with Gasteiger partial charge in [-0.1, -0.05) is 0 Å². The van der Waals surface area contributed by atoms with E-state index in [2.05, 4.69) is 0 Å². The number of carboxylic acid groups (broad SMARTS) is 1. The molecule has 92 valence electrons. The zero-order valence-corrected chi connectivity index (χ0v) is 11.1. The Morgan fingerprint density at radius 1 is 1.29 bits per heavy atom. The van der Waals surface area contributed by atoms with Crippen molar-refractivity contribution in [3.63, 3.8) is 0 Å². The number of thiophene rings is 1. The van der Waals surface area contributed by atoms with Crippen molar-refractivity contribution in [2.24, 2.45) is 0 Å². The first kappa shape index (κ1) is 12.6. The molecule has 0 aliphatic carbocycles. The van der Waals surface area contributed by atoms with Gasteiger partial charge in [0.25, 0.3) is 0 Å². The quantitative estimate of drug-likeness (QED) is 0.817. The summed E-state index contributed by atoms with van der Waals surface area (Å²) in [6.07, 6.45) is 0. The smallest absolute Gasteiger partial charge is 0.478 e. The van der Waals surface area contributed by atoms with Crippen LogP contribution in [0.15, 0.2) is 11.4 Å². The molecule has 0 atom stereocenters. The van der Waals surface area contributed by atoms with Crippen LogP contribution in [0.3, 0.4) is 0 Å². The minimum absolute atomic E-state index is 0.258. The van der Waals surface area contributed by atoms with Crippen LogP contribution in [0.4, 0.5) is 0 Å². The van der Waals surface area contributed by atoms with Crippen LogP contribution in [-0.2, 0) is 9.31 Å². The van der Waals surface area contributed by atoms with Gasteiger partial charge in [-0.2, -0.15) is 11.3 Å². The van der Waals surface area contributed by atoms with Crippen molar-refractivity contribution >= 4 is 29.2 Å². The topological polar surface area (TPSA) is 55.8 Å². The van der Waals surface area contributed by atoms with Gasteiger partial charge in [0.05, 0.1) is 16.8 Å². The Hall–Kier alpha value is -0.845. The van der Waals surface area contributed by atoms with E-state index < -0.39 is 24.3 Å². The molecular formula is C11H15BO4S. The van der Waals surface area contributed by atoms with Crippen molar-refractivity contribution in [2.75, 3.05) is 0 Å². The molecule has 17 heavy (non-hydrogen) atoms. The molecule has 1 fully saturated rings. The highest BCUT2D eigenvalue weighted by molar-refractivity contribution is 7.21. The third-order valence-electron chi connectivity index (χ3n) is 3.39. The molecule has 1 N–H and O–H groups in total. The molecule has 0 aromatic carbocycles. The summed E-state index contributed by atoms with van der Waals surface area (Å²) in [5, 5.41) is 10.8. The minimum atomic E-state index is -0.948. The molecule has 1 aliphatic heterocycles. The summed E-state index contributed by atoms with van der Waals surface area (Å²) in [5.41, 5.74) is -0.636. The predicted octanol–water partition coefficient (Wildman–Crippen LogP) is 1.75. The van der Waals surface area contributed by atoms with Crippen LogP contribution in [0.5, 0.6) is 0 Å². The van der Waals surface area contributed by atoms with E-state index in [1.54, 1.807) is 11.4 Å². The van der Waals surface area contributed by atoms with Crippen LogP contribution in [0, 0.1) is 0 Å². The van der Waals surface area contributed by atoms with E-state index in [4.69, 9.17) is 14.4 Å². The van der Waals surface area contributed by atoms with Crippen LogP contribution in [0.1, 0.15) is 38.1 Å². The fraction of sp³-hybridized carbons (Fsp3) is 0.545. The van der Waals surface area contributed by atoms with E-state index in [0.29, 0.717) is 4.78 Å². The average Bonchev–Trinajstić information content (AvgIpc) is 2.69. The Morgan fingerprint density at radius 2 is 1.82 bits per heavy atom. The van der Waals surface area contributed by atoms with Crippen LogP contribution in [0.25, 0.3) is 0 Å². The lowest BCUT2D eigenvalue weighted by molar-refractivity contribution is 0.00578. The van der Waals surface area contributed by atoms with E-state index in [1.807, 2.05) is 27.7 Å². The van der Waals surface area contributed by atoms with E-state index in [-0.39, 0.29) is 5.56 Å². The van der Waals surface area contributed by atoms with Crippen molar-refractivity contribution in [1.82, 2.24) is 0 Å². The average molecular weight is 254 g/mol. The fourth-order valence-electron chi connectivity index (χ4n) is 1.63. The molecule has 0 spiro atoms. The molecule has 4 nitrogen and oxygen atoms in total. The SMILES string of the molecule is CC1(C)OB(c2sccc2C(=O)O)OC1(C)C. The highest BCUT2D eigenvalue weighted by Crippen LogP contribution is 2.37. The van der Waals surface area contributed by atoms with E-state index in [9.17, 15) is 4.79 Å². The molecule has 1 saturated heterocycles. The summed E-state index contributed by atoms with van der Waals surface area (Å²) >= 11 is 1.35. The number of hydrogen-bond donors (Lipinski definition) is 1. The molecule has 2 heterocycles. The first-order valence-electron chi connectivity index (χ1n) is 5.41. The van der Waals surface area contributed by atoms with E-state index >= 15 is 0 Å². The van der Waals surface area contributed by atoms with Crippen LogP contribution in [-0.4, -0.2) is 29.4 Å². The summed E-state index contributed by atoms with van der Waals surface area (Å²) < 4.78 is 12.3. The maximum absolute atomic E-state index is 11.1. The van der Waals surface area contributed by atoms with Gasteiger partial charge in [-0.05, 0) is 39.1 Å². The second-order valence-electron chi connectivity index (χ2n) is 5.09. The molecule has 0 saturated carbocycles. The number of hydrogen-bond acceptors (Lipinski definition) is 4. The molecule has 1 aliphatic rings. The van der Waals surface area contributed by atoms with E-state index in [0.717, 1.165) is 0 Å². The molecule has 1 aromatic rings. The largest absolute Gasteiger partial charge is 0.506 e. The number of aromatic carboxylic acids is 1. The minimum Gasteiger partial charge on any atom is -0.478 e. The second kappa shape index (κ2) is 3.83. The molecule has 2 rings (SSSR count). The van der Waals surface area contributed by atoms with Gasteiger partial charge in [0, 0.05) is 4.78 Å². The third-order valence-corrected chi connectivity index (χ3v) is 4.33. The van der Waals surface area contributed by atoms with Crippen molar-refractivity contribution in [3.8, 4) is 0 Å². The highest BCUT2D eigenvalue weighted by atomic mass is 32.1. The van der Waals surface area contributed by atoms with E-state index in [1.165, 1.54) is 11.3 Å². The summed E-state index contributed by atoms with van der Waals surface area (Å²) in [4.78, 5) is 11.1. The molecule has 0 bridgehead atoms. The normalized spacial score (nSPS) is 21.8. The predicted molar refractivity (Wildman–Crippen MR) is 67.0 cm³/mol. The molecule has 1 aromatic heterocycles. The summed E-state index contributed by atoms with van der Waals surface area (Å²) in [6.45, 7) is 7.78. The summed E-state index contributed by atoms with van der Waals surface area (Å²) in [7, 11) is -0.592. The van der Waals surface area contributed by atoms with Gasteiger partial charge in [0.15, 0.2) is 0 Å². The second-order valence-corrected chi connectivity index (χ2v) is 6.04. The number of carbonyl (C=O) groups is 1. The van der Waals surface area contributed by atoms with Gasteiger partial charge in [0.2, 0.25) is 0 Å². The fourth-order valence-corrected chi connectivity index (χ4v) is 2.47. The number of rotatable bonds is 2. The zero-order valence-electron chi connectivity index (χ0n) is 10.3. The van der Waals surface area contributed by atoms with Crippen LogP contribution < -0.4 is 4.78 Å². The molecule has 0 amide bonds. The first-order chi connectivity index (χ1) is 7.74. The van der Waals surface area contributed by atoms with Crippen LogP contribution >= 0.6 is 11.3 Å². The Bertz CT molecular complexity index is 436. The molecule has 0 unspecified atom stereocenters. The lowest BCUT2D eigenvalue weighted by atomic mass is 9.85. The lowest BCUT2D eigenvalue weighted by Crippen LogP contribution is -2.41. The van der Waals surface area contributed by atoms with Gasteiger partial charge >= 0.3 is 13.1 Å². The summed E-state index contributed by atoms with van der Waals surface area (Å²) in [6, 6.07) is 1.58. The van der Waals surface area contributed by atoms with Gasteiger partial charge in [-0.25, -0.2) is 4.79 Å². The Labute approximate surface area is 105 Å². The summed E-state index contributed by atoms with van der Waals surface area (Å²) in [5.74, 6) is -0.948. The van der Waals surface area contributed by atoms with Gasteiger partial charge in [-0.15, -0.1) is 0 Å². The third kappa shape index (κ3) is 2.01. The first-order valence-corrected chi connectivity index (χ1v) is 6.29. The Kier molecular flexibility index (Phi) is 2.84. The molecule has 6 heteroatoms. The molecular weight excluding hydrogens is 239 g/mol. The van der Waals surface area contributed by atoms with Gasteiger partial charge in [-0.3, -0.25) is 0 Å². The van der Waals surface area contributed by atoms with Crippen molar-refractivity contribution < 1.29 is 19.2 Å². The maximum atomic E-state index is 11.1. The lowest BCUT2D eigenvalue weighted by Gasteiger charge is -2.32. The zero-order chi connectivity index (χ0) is 12.8. The Morgan fingerprint density at radius 3 is 2.29 bits per heavy atom. The van der Waals surface area contributed by atoms with Gasteiger partial charge in [0.1, 0.15) is 0 Å².